The third-order valence-corrected chi connectivity index (χ3v) is 4.94. The average molecular weight is 431 g/mol. The summed E-state index contributed by atoms with van der Waals surface area (Å²) >= 11 is 3.41. The summed E-state index contributed by atoms with van der Waals surface area (Å²) in [6.07, 6.45) is -3.79. The first-order chi connectivity index (χ1) is 12.4. The first kappa shape index (κ1) is 17.3. The lowest BCUT2D eigenvalue weighted by molar-refractivity contribution is -0.137. The van der Waals surface area contributed by atoms with Gasteiger partial charge in [0, 0.05) is 16.6 Å². The van der Waals surface area contributed by atoms with Gasteiger partial charge in [-0.1, -0.05) is 6.07 Å². The van der Waals surface area contributed by atoms with E-state index in [9.17, 15) is 13.2 Å². The van der Waals surface area contributed by atoms with Crippen molar-refractivity contribution < 1.29 is 22.6 Å². The molecule has 0 amide bonds. The molecular weight excluding hydrogens is 417 g/mol. The highest BCUT2D eigenvalue weighted by Crippen LogP contribution is 2.38. The Bertz CT molecular complexity index is 834. The smallest absolute Gasteiger partial charge is 0.421 e. The van der Waals surface area contributed by atoms with Crippen LogP contribution in [0.3, 0.4) is 0 Å². The van der Waals surface area contributed by atoms with Gasteiger partial charge >= 0.3 is 6.18 Å². The molecule has 0 unspecified atom stereocenters. The van der Waals surface area contributed by atoms with Crippen molar-refractivity contribution in [2.75, 3.05) is 30.5 Å². The molecule has 1 aromatic carbocycles. The van der Waals surface area contributed by atoms with E-state index in [0.717, 1.165) is 6.20 Å². The topological polar surface area (TPSA) is 68.3 Å². The number of aromatic nitrogens is 2. The lowest BCUT2D eigenvalue weighted by atomic mass is 10.0. The normalized spacial score (nSPS) is 22.2. The third-order valence-electron chi connectivity index (χ3n) is 4.28. The number of nitrogens with zero attached hydrogens (tertiary/aromatic N) is 2. The van der Waals surface area contributed by atoms with Crippen molar-refractivity contribution in [3.63, 3.8) is 0 Å². The standard InChI is InChI=1S/C16H14BrF3N4O2/c17-10-2-1-3-12-13(10)23-15-21-4-9(16(18,19)20)14(24-15)22-11-7-25-5-8(11)6-26-12/h1-4,8,11H,5-7H2,(H2,21,22,23,24)/t8-,11+/m0/s1. The van der Waals surface area contributed by atoms with E-state index in [1.165, 1.54) is 0 Å². The summed E-state index contributed by atoms with van der Waals surface area (Å²) in [4.78, 5) is 7.87. The molecule has 3 heterocycles. The molecule has 10 heteroatoms. The summed E-state index contributed by atoms with van der Waals surface area (Å²) in [5.74, 6) is 0.206. The fourth-order valence-corrected chi connectivity index (χ4v) is 3.36. The molecule has 0 saturated carbocycles. The molecule has 26 heavy (non-hydrogen) atoms. The van der Waals surface area contributed by atoms with Gasteiger partial charge in [0.15, 0.2) is 0 Å². The van der Waals surface area contributed by atoms with Crippen molar-refractivity contribution in [1.29, 1.82) is 0 Å². The maximum atomic E-state index is 13.3. The second-order valence-electron chi connectivity index (χ2n) is 6.05. The Hall–Kier alpha value is -2.07. The van der Waals surface area contributed by atoms with Crippen LogP contribution in [0, 0.1) is 5.92 Å². The Balaban J connectivity index is 1.82. The average Bonchev–Trinajstić information content (AvgIpc) is 3.00. The van der Waals surface area contributed by atoms with Crippen LogP contribution in [0.15, 0.2) is 28.9 Å². The Morgan fingerprint density at radius 1 is 1.19 bits per heavy atom. The van der Waals surface area contributed by atoms with Crippen LogP contribution < -0.4 is 15.4 Å². The minimum atomic E-state index is -4.56. The molecule has 138 valence electrons. The molecule has 1 saturated heterocycles. The summed E-state index contributed by atoms with van der Waals surface area (Å²) in [6, 6.07) is 5.03. The molecule has 2 bridgehead atoms. The monoisotopic (exact) mass is 430 g/mol. The predicted molar refractivity (Wildman–Crippen MR) is 91.7 cm³/mol. The number of ether oxygens (including phenoxy) is 2. The minimum Gasteiger partial charge on any atom is -0.491 e. The molecule has 0 aliphatic carbocycles. The van der Waals surface area contributed by atoms with Gasteiger partial charge in [0.05, 0.1) is 31.5 Å². The molecule has 1 fully saturated rings. The number of alkyl halides is 3. The molecule has 1 aromatic heterocycles. The van der Waals surface area contributed by atoms with Gasteiger partial charge in [-0.3, -0.25) is 0 Å². The maximum Gasteiger partial charge on any atom is 0.421 e. The van der Waals surface area contributed by atoms with Crippen molar-refractivity contribution in [3.05, 3.63) is 34.4 Å². The largest absolute Gasteiger partial charge is 0.491 e. The van der Waals surface area contributed by atoms with E-state index in [-0.39, 0.29) is 30.3 Å². The summed E-state index contributed by atoms with van der Waals surface area (Å²) in [5.41, 5.74) is -0.364. The van der Waals surface area contributed by atoms with Gasteiger partial charge < -0.3 is 20.1 Å². The Morgan fingerprint density at radius 2 is 2.04 bits per heavy atom. The lowest BCUT2D eigenvalue weighted by Crippen LogP contribution is -2.33. The van der Waals surface area contributed by atoms with E-state index in [1.54, 1.807) is 12.1 Å². The molecule has 2 N–H and O–H groups in total. The second-order valence-corrected chi connectivity index (χ2v) is 6.91. The Morgan fingerprint density at radius 3 is 2.85 bits per heavy atom. The van der Waals surface area contributed by atoms with Gasteiger partial charge in [-0.05, 0) is 28.1 Å². The van der Waals surface area contributed by atoms with Crippen molar-refractivity contribution in [3.8, 4) is 5.75 Å². The predicted octanol–water partition coefficient (Wildman–Crippen LogP) is 3.82. The number of hydrogen-bond donors (Lipinski definition) is 2. The van der Waals surface area contributed by atoms with E-state index in [1.807, 2.05) is 6.07 Å². The summed E-state index contributed by atoms with van der Waals surface area (Å²) in [6.45, 7) is 0.977. The van der Waals surface area contributed by atoms with E-state index in [4.69, 9.17) is 9.47 Å². The summed E-state index contributed by atoms with van der Waals surface area (Å²) in [5, 5.41) is 5.81. The SMILES string of the molecule is FC(F)(F)c1cnc2nc1N[C@@H]1COC[C@H]1COc1cccc(Br)c1N2. The first-order valence-corrected chi connectivity index (χ1v) is 8.68. The quantitative estimate of drug-likeness (QED) is 0.661. The van der Waals surface area contributed by atoms with Gasteiger partial charge in [-0.15, -0.1) is 0 Å². The molecule has 6 nitrogen and oxygen atoms in total. The molecule has 4 rings (SSSR count). The number of para-hydroxylation sites is 1. The molecular formula is C16H14BrF3N4O2. The van der Waals surface area contributed by atoms with Gasteiger partial charge in [0.1, 0.15) is 17.1 Å². The molecule has 2 aliphatic rings. The molecule has 2 atom stereocenters. The Kier molecular flexibility index (Phi) is 4.39. The zero-order valence-corrected chi connectivity index (χ0v) is 14.9. The minimum absolute atomic E-state index is 0.0367. The number of nitrogens with one attached hydrogen (secondary N) is 2. The van der Waals surface area contributed by atoms with Crippen molar-refractivity contribution in [2.45, 2.75) is 12.2 Å². The van der Waals surface area contributed by atoms with E-state index in [2.05, 4.69) is 36.5 Å². The number of halogens is 4. The molecule has 2 aliphatic heterocycles. The fraction of sp³-hybridized carbons (Fsp3) is 0.375. The number of benzene rings is 1. The van der Waals surface area contributed by atoms with Crippen LogP contribution >= 0.6 is 15.9 Å². The van der Waals surface area contributed by atoms with Crippen LogP contribution in [0.5, 0.6) is 5.75 Å². The van der Waals surface area contributed by atoms with E-state index >= 15 is 0 Å². The molecule has 0 radical (unpaired) electrons. The fourth-order valence-electron chi connectivity index (χ4n) is 2.91. The highest BCUT2D eigenvalue weighted by Gasteiger charge is 2.38. The van der Waals surface area contributed by atoms with E-state index < -0.39 is 11.7 Å². The van der Waals surface area contributed by atoms with Gasteiger partial charge in [0.2, 0.25) is 5.95 Å². The van der Waals surface area contributed by atoms with Crippen LogP contribution in [0.4, 0.5) is 30.6 Å². The Labute approximate surface area is 155 Å². The third kappa shape index (κ3) is 3.30. The van der Waals surface area contributed by atoms with Crippen LogP contribution in [0.1, 0.15) is 5.56 Å². The summed E-state index contributed by atoms with van der Waals surface area (Å²) in [7, 11) is 0. The van der Waals surface area contributed by atoms with Crippen molar-refractivity contribution in [2.24, 2.45) is 5.92 Å². The van der Waals surface area contributed by atoms with Crippen LogP contribution in [-0.4, -0.2) is 35.8 Å². The number of rotatable bonds is 0. The number of hydrogen-bond acceptors (Lipinski definition) is 6. The number of anilines is 3. The van der Waals surface area contributed by atoms with Crippen LogP contribution in [-0.2, 0) is 10.9 Å². The van der Waals surface area contributed by atoms with Gasteiger partial charge in [-0.25, -0.2) is 4.98 Å². The zero-order chi connectivity index (χ0) is 18.3. The molecule has 2 aromatic rings. The highest BCUT2D eigenvalue weighted by atomic mass is 79.9. The van der Waals surface area contributed by atoms with Gasteiger partial charge in [-0.2, -0.15) is 18.2 Å². The number of fused-ring (bicyclic) bond motifs is 4. The van der Waals surface area contributed by atoms with Crippen molar-refractivity contribution in [1.82, 2.24) is 9.97 Å². The molecule has 0 spiro atoms. The van der Waals surface area contributed by atoms with Gasteiger partial charge in [0.25, 0.3) is 0 Å². The van der Waals surface area contributed by atoms with Crippen LogP contribution in [0.25, 0.3) is 0 Å². The van der Waals surface area contributed by atoms with Crippen LogP contribution in [0.2, 0.25) is 0 Å². The summed E-state index contributed by atoms with van der Waals surface area (Å²) < 4.78 is 52.0. The van der Waals surface area contributed by atoms with Crippen molar-refractivity contribution >= 4 is 33.4 Å². The second kappa shape index (κ2) is 6.58. The highest BCUT2D eigenvalue weighted by molar-refractivity contribution is 9.10. The first-order valence-electron chi connectivity index (χ1n) is 7.88. The zero-order valence-electron chi connectivity index (χ0n) is 13.3. The lowest BCUT2D eigenvalue weighted by Gasteiger charge is -2.21. The maximum absolute atomic E-state index is 13.3. The van der Waals surface area contributed by atoms with E-state index in [0.29, 0.717) is 29.1 Å².